The Kier molecular flexibility index (Phi) is 3.38. The standard InChI is InChI=1S/C10H5ClF3N/c11-10(13,14)9(12)5-7-1-3-8(6-15)4-2-7/h1-5H/b9-5+. The Morgan fingerprint density at radius 2 is 1.87 bits per heavy atom. The minimum Gasteiger partial charge on any atom is -0.204 e. The molecule has 15 heavy (non-hydrogen) atoms. The van der Waals surface area contributed by atoms with Crippen LogP contribution in [0.1, 0.15) is 11.1 Å². The first kappa shape index (κ1) is 11.6. The van der Waals surface area contributed by atoms with Gasteiger partial charge in [0.2, 0.25) is 0 Å². The number of benzene rings is 1. The molecule has 0 amide bonds. The first-order valence-corrected chi connectivity index (χ1v) is 4.26. The highest BCUT2D eigenvalue weighted by atomic mass is 35.5. The molecule has 0 aromatic heterocycles. The monoisotopic (exact) mass is 231 g/mol. The predicted molar refractivity (Wildman–Crippen MR) is 51.0 cm³/mol. The Morgan fingerprint density at radius 1 is 1.33 bits per heavy atom. The third-order valence-corrected chi connectivity index (χ3v) is 1.78. The fourth-order valence-electron chi connectivity index (χ4n) is 0.882. The van der Waals surface area contributed by atoms with Gasteiger partial charge in [0.05, 0.1) is 11.6 Å². The normalized spacial score (nSPS) is 12.3. The zero-order chi connectivity index (χ0) is 11.5. The maximum atomic E-state index is 12.7. The Hall–Kier alpha value is -1.47. The lowest BCUT2D eigenvalue weighted by Crippen LogP contribution is -2.05. The summed E-state index contributed by atoms with van der Waals surface area (Å²) in [4.78, 5) is 0. The molecule has 1 aromatic rings. The number of hydrogen-bond donors (Lipinski definition) is 0. The van der Waals surface area contributed by atoms with Gasteiger partial charge in [-0.3, -0.25) is 0 Å². The van der Waals surface area contributed by atoms with Crippen LogP contribution in [-0.2, 0) is 0 Å². The number of alkyl halides is 3. The SMILES string of the molecule is N#Cc1ccc(/C=C(/F)C(F)(F)Cl)cc1. The van der Waals surface area contributed by atoms with Crippen LogP contribution in [0.4, 0.5) is 13.2 Å². The number of nitrogens with zero attached hydrogens (tertiary/aromatic N) is 1. The van der Waals surface area contributed by atoms with Gasteiger partial charge in [0.1, 0.15) is 0 Å². The van der Waals surface area contributed by atoms with Gasteiger partial charge in [-0.25, -0.2) is 4.39 Å². The lowest BCUT2D eigenvalue weighted by molar-refractivity contribution is 0.112. The summed E-state index contributed by atoms with van der Waals surface area (Å²) in [6.07, 6.45) is 0.619. The average molecular weight is 232 g/mol. The molecule has 0 atom stereocenters. The van der Waals surface area contributed by atoms with E-state index in [4.69, 9.17) is 5.26 Å². The highest BCUT2D eigenvalue weighted by molar-refractivity contribution is 6.23. The van der Waals surface area contributed by atoms with E-state index in [0.717, 1.165) is 0 Å². The molecule has 0 aliphatic heterocycles. The summed E-state index contributed by atoms with van der Waals surface area (Å²) >= 11 is 4.46. The maximum absolute atomic E-state index is 12.7. The second-order valence-electron chi connectivity index (χ2n) is 2.72. The van der Waals surface area contributed by atoms with Crippen LogP contribution in [0.3, 0.4) is 0 Å². The summed E-state index contributed by atoms with van der Waals surface area (Å²) < 4.78 is 37.1. The van der Waals surface area contributed by atoms with Crippen LogP contribution in [0.15, 0.2) is 30.1 Å². The molecule has 0 saturated carbocycles. The molecule has 5 heteroatoms. The first-order chi connectivity index (χ1) is 6.93. The van der Waals surface area contributed by atoms with Gasteiger partial charge in [-0.05, 0) is 35.4 Å². The van der Waals surface area contributed by atoms with Crippen molar-refractivity contribution in [1.29, 1.82) is 5.26 Å². The van der Waals surface area contributed by atoms with Gasteiger partial charge in [-0.15, -0.1) is 0 Å². The van der Waals surface area contributed by atoms with Gasteiger partial charge < -0.3 is 0 Å². The first-order valence-electron chi connectivity index (χ1n) is 3.88. The zero-order valence-electron chi connectivity index (χ0n) is 7.35. The van der Waals surface area contributed by atoms with Crippen LogP contribution in [0, 0.1) is 11.3 Å². The van der Waals surface area contributed by atoms with Gasteiger partial charge in [-0.2, -0.15) is 14.0 Å². The van der Waals surface area contributed by atoms with Crippen molar-refractivity contribution in [3.05, 3.63) is 41.2 Å². The van der Waals surface area contributed by atoms with E-state index in [2.05, 4.69) is 11.6 Å². The predicted octanol–water partition coefficient (Wildman–Crippen LogP) is 3.70. The Morgan fingerprint density at radius 3 is 2.27 bits per heavy atom. The van der Waals surface area contributed by atoms with Crippen LogP contribution < -0.4 is 0 Å². The van der Waals surface area contributed by atoms with Gasteiger partial charge in [0, 0.05) is 0 Å². The second-order valence-corrected chi connectivity index (χ2v) is 3.20. The zero-order valence-corrected chi connectivity index (χ0v) is 8.10. The summed E-state index contributed by atoms with van der Waals surface area (Å²) in [7, 11) is 0. The van der Waals surface area contributed by atoms with E-state index in [1.807, 2.05) is 6.07 Å². The van der Waals surface area contributed by atoms with Crippen molar-refractivity contribution in [3.8, 4) is 6.07 Å². The lowest BCUT2D eigenvalue weighted by Gasteiger charge is -2.03. The van der Waals surface area contributed by atoms with Crippen molar-refractivity contribution in [2.24, 2.45) is 0 Å². The minimum atomic E-state index is -3.99. The summed E-state index contributed by atoms with van der Waals surface area (Å²) in [5, 5.41) is 4.47. The minimum absolute atomic E-state index is 0.215. The highest BCUT2D eigenvalue weighted by Gasteiger charge is 2.31. The van der Waals surface area contributed by atoms with E-state index in [9.17, 15) is 13.2 Å². The average Bonchev–Trinajstić information content (AvgIpc) is 2.17. The van der Waals surface area contributed by atoms with Crippen LogP contribution in [0.2, 0.25) is 0 Å². The van der Waals surface area contributed by atoms with Crippen LogP contribution in [0.25, 0.3) is 6.08 Å². The van der Waals surface area contributed by atoms with Crippen molar-refractivity contribution in [2.45, 2.75) is 5.38 Å². The van der Waals surface area contributed by atoms with Gasteiger partial charge in [0.15, 0.2) is 5.83 Å². The van der Waals surface area contributed by atoms with Gasteiger partial charge in [-0.1, -0.05) is 12.1 Å². The molecule has 1 aromatic carbocycles. The fourth-order valence-corrected chi connectivity index (χ4v) is 0.937. The highest BCUT2D eigenvalue weighted by Crippen LogP contribution is 2.30. The molecular weight excluding hydrogens is 227 g/mol. The van der Waals surface area contributed by atoms with E-state index in [0.29, 0.717) is 11.6 Å². The van der Waals surface area contributed by atoms with Gasteiger partial charge >= 0.3 is 5.38 Å². The topological polar surface area (TPSA) is 23.8 Å². The lowest BCUT2D eigenvalue weighted by atomic mass is 10.1. The summed E-state index contributed by atoms with van der Waals surface area (Å²) in [5.74, 6) is -1.73. The quantitative estimate of drug-likeness (QED) is 0.712. The summed E-state index contributed by atoms with van der Waals surface area (Å²) in [6, 6.07) is 7.33. The van der Waals surface area contributed by atoms with Crippen molar-refractivity contribution >= 4 is 17.7 Å². The molecule has 0 radical (unpaired) electrons. The number of allylic oxidation sites excluding steroid dienone is 1. The van der Waals surface area contributed by atoms with Crippen LogP contribution >= 0.6 is 11.6 Å². The molecule has 0 aliphatic rings. The molecule has 0 N–H and O–H groups in total. The Balaban J connectivity index is 2.96. The molecular formula is C10H5ClF3N. The van der Waals surface area contributed by atoms with Crippen LogP contribution in [0.5, 0.6) is 0 Å². The Bertz CT molecular complexity index is 412. The van der Waals surface area contributed by atoms with Gasteiger partial charge in [0.25, 0.3) is 0 Å². The third kappa shape index (κ3) is 3.30. The van der Waals surface area contributed by atoms with Crippen molar-refractivity contribution in [3.63, 3.8) is 0 Å². The largest absolute Gasteiger partial charge is 0.373 e. The van der Waals surface area contributed by atoms with Crippen molar-refractivity contribution in [1.82, 2.24) is 0 Å². The molecule has 0 spiro atoms. The molecule has 78 valence electrons. The van der Waals surface area contributed by atoms with E-state index >= 15 is 0 Å². The molecule has 0 heterocycles. The van der Waals surface area contributed by atoms with Crippen molar-refractivity contribution < 1.29 is 13.2 Å². The maximum Gasteiger partial charge on any atom is 0.373 e. The number of hydrogen-bond acceptors (Lipinski definition) is 1. The van der Waals surface area contributed by atoms with E-state index in [1.165, 1.54) is 24.3 Å². The molecule has 0 unspecified atom stereocenters. The molecule has 0 aliphatic carbocycles. The summed E-state index contributed by atoms with van der Waals surface area (Å²) in [6.45, 7) is 0. The number of rotatable bonds is 2. The summed E-state index contributed by atoms with van der Waals surface area (Å²) in [5.41, 5.74) is 0.581. The third-order valence-electron chi connectivity index (χ3n) is 1.60. The molecule has 1 nitrogen and oxygen atoms in total. The fraction of sp³-hybridized carbons (Fsp3) is 0.100. The second kappa shape index (κ2) is 4.37. The number of nitriles is 1. The molecule has 0 saturated heterocycles. The molecule has 0 fully saturated rings. The molecule has 1 rings (SSSR count). The Labute approximate surface area is 89.4 Å². The van der Waals surface area contributed by atoms with E-state index in [-0.39, 0.29) is 5.56 Å². The van der Waals surface area contributed by atoms with E-state index in [1.54, 1.807) is 0 Å². The van der Waals surface area contributed by atoms with Crippen LogP contribution in [-0.4, -0.2) is 5.38 Å². The van der Waals surface area contributed by atoms with E-state index < -0.39 is 11.2 Å². The molecule has 0 bridgehead atoms. The number of halogens is 4. The smallest absolute Gasteiger partial charge is 0.204 e. The van der Waals surface area contributed by atoms with Crippen molar-refractivity contribution in [2.75, 3.05) is 0 Å².